The average Bonchev–Trinajstić information content (AvgIpc) is 2.73. The summed E-state index contributed by atoms with van der Waals surface area (Å²) in [4.78, 5) is 0. The summed E-state index contributed by atoms with van der Waals surface area (Å²) >= 11 is 0. The summed E-state index contributed by atoms with van der Waals surface area (Å²) in [6.45, 7) is 14.1. The molecular formula is C27H48O3Si. The predicted molar refractivity (Wildman–Crippen MR) is 133 cm³/mol. The largest absolute Gasteiger partial charge is 0.380 e. The first-order chi connectivity index (χ1) is 14.6. The molecule has 0 aromatic rings. The summed E-state index contributed by atoms with van der Waals surface area (Å²) in [6.07, 6.45) is 14.2. The molecule has 2 rings (SSSR count). The van der Waals surface area contributed by atoms with E-state index in [9.17, 15) is 5.11 Å². The van der Waals surface area contributed by atoms with E-state index >= 15 is 0 Å². The lowest BCUT2D eigenvalue weighted by Crippen LogP contribution is -2.54. The minimum Gasteiger partial charge on any atom is -0.380 e. The normalized spacial score (nSPS) is 32.6. The maximum Gasteiger partial charge on any atom is 0.146 e. The molecule has 2 aliphatic rings. The fourth-order valence-corrected chi connectivity index (χ4v) is 6.49. The highest BCUT2D eigenvalue weighted by atomic mass is 28.3. The van der Waals surface area contributed by atoms with Gasteiger partial charge in [0, 0.05) is 18.4 Å². The van der Waals surface area contributed by atoms with Gasteiger partial charge in [-0.3, -0.25) is 0 Å². The Labute approximate surface area is 193 Å². The Morgan fingerprint density at radius 3 is 2.55 bits per heavy atom. The fourth-order valence-electron chi connectivity index (χ4n) is 5.92. The molecule has 3 nitrogen and oxygen atoms in total. The molecule has 0 bridgehead atoms. The number of aliphatic hydroxyl groups excluding tert-OH is 1. The maximum absolute atomic E-state index is 11.6. The van der Waals surface area contributed by atoms with Crippen molar-refractivity contribution in [3.05, 3.63) is 12.2 Å². The summed E-state index contributed by atoms with van der Waals surface area (Å²) in [5.74, 6) is 4.97. The molecule has 178 valence electrons. The van der Waals surface area contributed by atoms with Crippen LogP contribution in [0.15, 0.2) is 12.2 Å². The molecule has 0 amide bonds. The number of hydrogen-bond acceptors (Lipinski definition) is 3. The molecule has 0 spiro atoms. The Morgan fingerprint density at radius 1 is 1.16 bits per heavy atom. The average molecular weight is 449 g/mol. The van der Waals surface area contributed by atoms with Crippen molar-refractivity contribution in [2.45, 2.75) is 104 Å². The van der Waals surface area contributed by atoms with Gasteiger partial charge in [-0.25, -0.2) is 0 Å². The van der Waals surface area contributed by atoms with Crippen LogP contribution in [-0.2, 0) is 9.47 Å². The number of methoxy groups -OCH3 is 1. The Kier molecular flexibility index (Phi) is 10.3. The minimum absolute atomic E-state index is 0.173. The number of aliphatic hydroxyl groups is 1. The van der Waals surface area contributed by atoms with E-state index in [0.29, 0.717) is 30.5 Å². The van der Waals surface area contributed by atoms with Crippen LogP contribution in [0.5, 0.6) is 0 Å². The van der Waals surface area contributed by atoms with Gasteiger partial charge in [-0.2, -0.15) is 0 Å². The second-order valence-electron chi connectivity index (χ2n) is 11.3. The lowest BCUT2D eigenvalue weighted by Gasteiger charge is -2.54. The van der Waals surface area contributed by atoms with E-state index in [0.717, 1.165) is 19.3 Å². The van der Waals surface area contributed by atoms with Gasteiger partial charge in [0.15, 0.2) is 0 Å². The van der Waals surface area contributed by atoms with Crippen LogP contribution in [0.2, 0.25) is 19.6 Å². The van der Waals surface area contributed by atoms with Gasteiger partial charge in [-0.15, -0.1) is 5.54 Å². The van der Waals surface area contributed by atoms with Gasteiger partial charge < -0.3 is 14.6 Å². The second kappa shape index (κ2) is 12.0. The Balaban J connectivity index is 2.34. The van der Waals surface area contributed by atoms with Gasteiger partial charge in [0.1, 0.15) is 21.0 Å². The Hall–Kier alpha value is -0.603. The predicted octanol–water partition coefficient (Wildman–Crippen LogP) is 6.43. The van der Waals surface area contributed by atoms with E-state index in [4.69, 9.17) is 9.47 Å². The van der Waals surface area contributed by atoms with Crippen molar-refractivity contribution >= 4 is 8.07 Å². The summed E-state index contributed by atoms with van der Waals surface area (Å²) < 4.78 is 11.3. The van der Waals surface area contributed by atoms with E-state index < -0.39 is 14.2 Å². The van der Waals surface area contributed by atoms with Crippen molar-refractivity contribution in [2.75, 3.05) is 13.9 Å². The van der Waals surface area contributed by atoms with E-state index in [1.54, 1.807) is 7.11 Å². The number of allylic oxidation sites excluding steroid dienone is 1. The van der Waals surface area contributed by atoms with Gasteiger partial charge in [-0.1, -0.05) is 97.0 Å². The quantitative estimate of drug-likeness (QED) is 0.137. The first-order valence-corrected chi connectivity index (χ1v) is 16.1. The molecule has 0 aromatic carbocycles. The zero-order chi connectivity index (χ0) is 23.1. The number of hydrogen-bond donors (Lipinski definition) is 1. The molecule has 4 heteroatoms. The number of ether oxygens (including phenoxy) is 2. The Bertz CT molecular complexity index is 629. The van der Waals surface area contributed by atoms with Crippen LogP contribution in [0.25, 0.3) is 0 Å². The van der Waals surface area contributed by atoms with Crippen LogP contribution in [0.4, 0.5) is 0 Å². The second-order valence-corrected chi connectivity index (χ2v) is 16.0. The molecule has 1 fully saturated rings. The minimum atomic E-state index is -1.55. The highest BCUT2D eigenvalue weighted by Crippen LogP contribution is 2.55. The third-order valence-corrected chi connectivity index (χ3v) is 8.55. The van der Waals surface area contributed by atoms with E-state index in [-0.39, 0.29) is 11.5 Å². The van der Waals surface area contributed by atoms with Gasteiger partial charge >= 0.3 is 0 Å². The molecule has 1 N–H and O–H groups in total. The van der Waals surface area contributed by atoms with E-state index in [2.05, 4.69) is 64.0 Å². The molecule has 31 heavy (non-hydrogen) atoms. The van der Waals surface area contributed by atoms with Gasteiger partial charge in [0.05, 0.1) is 6.10 Å². The van der Waals surface area contributed by atoms with E-state index in [1.165, 1.54) is 32.1 Å². The zero-order valence-electron chi connectivity index (χ0n) is 21.2. The third-order valence-electron chi connectivity index (χ3n) is 7.65. The smallest absolute Gasteiger partial charge is 0.146 e. The van der Waals surface area contributed by atoms with Crippen molar-refractivity contribution in [3.63, 3.8) is 0 Å². The van der Waals surface area contributed by atoms with Crippen molar-refractivity contribution in [2.24, 2.45) is 29.1 Å². The highest BCUT2D eigenvalue weighted by Gasteiger charge is 2.53. The van der Waals surface area contributed by atoms with Gasteiger partial charge in [-0.05, 0) is 30.6 Å². The standard InChI is InChI=1S/C27H48O3Si/c1-8-9-10-11-13-21(2)23-17-16-22-24(14-12-15-25(22)30-20-29-4)27(23,3)26(28)18-19-31(5,6)7/h16-17,21-26,28H,8-15,20H2,1-7H3/t21-,22+,23+,24-,25-,26-,27-/m1/s1. The molecule has 1 saturated carbocycles. The molecule has 0 radical (unpaired) electrons. The van der Waals surface area contributed by atoms with Crippen molar-refractivity contribution in [1.29, 1.82) is 0 Å². The molecule has 0 aromatic heterocycles. The lowest BCUT2D eigenvalue weighted by atomic mass is 9.51. The molecule has 0 heterocycles. The molecule has 0 saturated heterocycles. The summed E-state index contributed by atoms with van der Waals surface area (Å²) in [5, 5.41) is 11.6. The van der Waals surface area contributed by atoms with Crippen LogP contribution in [-0.4, -0.2) is 39.3 Å². The molecule has 0 unspecified atom stereocenters. The van der Waals surface area contributed by atoms with Crippen LogP contribution in [0.1, 0.15) is 72.1 Å². The SMILES string of the molecule is CCCCCC[C@@H](C)[C@@H]1C=C[C@H]2[C@@H](CCC[C@H]2OCOC)[C@]1(C)[C@H](O)C#C[Si](C)(C)C. The Morgan fingerprint density at radius 2 is 1.90 bits per heavy atom. The zero-order valence-corrected chi connectivity index (χ0v) is 22.2. The van der Waals surface area contributed by atoms with Crippen LogP contribution >= 0.6 is 0 Å². The number of unbranched alkanes of at least 4 members (excludes halogenated alkanes) is 3. The highest BCUT2D eigenvalue weighted by molar-refractivity contribution is 6.83. The molecule has 7 atom stereocenters. The summed E-state index contributed by atoms with van der Waals surface area (Å²) in [7, 11) is 0.137. The monoisotopic (exact) mass is 448 g/mol. The lowest BCUT2D eigenvalue weighted by molar-refractivity contribution is -0.138. The molecular weight excluding hydrogens is 400 g/mol. The fraction of sp³-hybridized carbons (Fsp3) is 0.852. The number of rotatable bonds is 10. The van der Waals surface area contributed by atoms with Crippen molar-refractivity contribution in [3.8, 4) is 11.5 Å². The number of fused-ring (bicyclic) bond motifs is 1. The van der Waals surface area contributed by atoms with Crippen molar-refractivity contribution in [1.82, 2.24) is 0 Å². The molecule has 0 aliphatic heterocycles. The third kappa shape index (κ3) is 6.94. The van der Waals surface area contributed by atoms with Gasteiger partial charge in [0.25, 0.3) is 0 Å². The van der Waals surface area contributed by atoms with Crippen molar-refractivity contribution < 1.29 is 14.6 Å². The van der Waals surface area contributed by atoms with E-state index in [1.807, 2.05) is 0 Å². The first kappa shape index (κ1) is 26.6. The van der Waals surface area contributed by atoms with Crippen LogP contribution < -0.4 is 0 Å². The van der Waals surface area contributed by atoms with Gasteiger partial charge in [0.2, 0.25) is 0 Å². The van der Waals surface area contributed by atoms with Crippen LogP contribution in [0, 0.1) is 40.6 Å². The topological polar surface area (TPSA) is 38.7 Å². The van der Waals surface area contributed by atoms with Crippen LogP contribution in [0.3, 0.4) is 0 Å². The maximum atomic E-state index is 11.6. The first-order valence-electron chi connectivity index (χ1n) is 12.6. The summed E-state index contributed by atoms with van der Waals surface area (Å²) in [6, 6.07) is 0. The molecule has 2 aliphatic carbocycles. The summed E-state index contributed by atoms with van der Waals surface area (Å²) in [5.41, 5.74) is 3.22.